The summed E-state index contributed by atoms with van der Waals surface area (Å²) < 4.78 is 28.9. The van der Waals surface area contributed by atoms with Crippen LogP contribution in [0.5, 0.6) is 0 Å². The Morgan fingerprint density at radius 2 is 2.05 bits per heavy atom. The van der Waals surface area contributed by atoms with Gasteiger partial charge >= 0.3 is 0 Å². The molecule has 0 bridgehead atoms. The highest BCUT2D eigenvalue weighted by Crippen LogP contribution is 2.41. The zero-order chi connectivity index (χ0) is 13.6. The van der Waals surface area contributed by atoms with Crippen molar-refractivity contribution in [1.29, 1.82) is 0 Å². The maximum Gasteiger partial charge on any atom is 0.176 e. The van der Waals surface area contributed by atoms with Crippen LogP contribution >= 0.6 is 11.6 Å². The van der Waals surface area contributed by atoms with Crippen LogP contribution in [0.1, 0.15) is 24.5 Å². The van der Waals surface area contributed by atoms with Crippen molar-refractivity contribution in [2.45, 2.75) is 23.7 Å². The first-order valence-electron chi connectivity index (χ1n) is 5.92. The molecule has 0 saturated heterocycles. The van der Waals surface area contributed by atoms with Gasteiger partial charge in [-0.05, 0) is 31.0 Å². The van der Waals surface area contributed by atoms with Crippen molar-refractivity contribution in [3.8, 4) is 11.3 Å². The summed E-state index contributed by atoms with van der Waals surface area (Å²) >= 11 is 5.87. The van der Waals surface area contributed by atoms with Gasteiger partial charge in [0.25, 0.3) is 0 Å². The summed E-state index contributed by atoms with van der Waals surface area (Å²) in [6, 6.07) is 6.57. The Morgan fingerprint density at radius 1 is 1.32 bits per heavy atom. The second-order valence-electron chi connectivity index (χ2n) is 4.80. The second kappa shape index (κ2) is 4.35. The lowest BCUT2D eigenvalue weighted by molar-refractivity contribution is 0.386. The first-order valence-corrected chi connectivity index (χ1v) is 8.18. The predicted molar refractivity (Wildman–Crippen MR) is 72.0 cm³/mol. The van der Waals surface area contributed by atoms with Gasteiger partial charge in [-0.25, -0.2) is 8.42 Å². The van der Waals surface area contributed by atoms with E-state index >= 15 is 0 Å². The zero-order valence-corrected chi connectivity index (χ0v) is 11.8. The lowest BCUT2D eigenvalue weighted by Crippen LogP contribution is -2.00. The number of nitrogens with zero attached hydrogens (tertiary/aromatic N) is 1. The first kappa shape index (κ1) is 12.7. The smallest absolute Gasteiger partial charge is 0.176 e. The molecule has 19 heavy (non-hydrogen) atoms. The van der Waals surface area contributed by atoms with Crippen LogP contribution in [0.15, 0.2) is 33.7 Å². The van der Waals surface area contributed by atoms with E-state index in [-0.39, 0.29) is 4.90 Å². The Balaban J connectivity index is 2.12. The summed E-state index contributed by atoms with van der Waals surface area (Å²) in [5.41, 5.74) is 1.07. The molecule has 0 atom stereocenters. The molecule has 1 saturated carbocycles. The number of benzene rings is 1. The van der Waals surface area contributed by atoms with Crippen LogP contribution in [0.2, 0.25) is 5.02 Å². The minimum atomic E-state index is -3.37. The first-order chi connectivity index (χ1) is 8.95. The molecule has 0 N–H and O–H groups in total. The largest absolute Gasteiger partial charge is 0.360 e. The summed E-state index contributed by atoms with van der Waals surface area (Å²) in [6.45, 7) is 0. The highest BCUT2D eigenvalue weighted by molar-refractivity contribution is 7.90. The molecule has 3 rings (SSSR count). The Hall–Kier alpha value is -1.33. The van der Waals surface area contributed by atoms with Crippen LogP contribution in [0.4, 0.5) is 0 Å². The van der Waals surface area contributed by atoms with E-state index in [1.165, 1.54) is 6.07 Å². The van der Waals surface area contributed by atoms with Crippen molar-refractivity contribution in [2.24, 2.45) is 0 Å². The topological polar surface area (TPSA) is 60.2 Å². The van der Waals surface area contributed by atoms with E-state index in [0.29, 0.717) is 22.2 Å². The summed E-state index contributed by atoms with van der Waals surface area (Å²) in [4.78, 5) is 0.177. The molecule has 0 radical (unpaired) electrons. The van der Waals surface area contributed by atoms with Crippen LogP contribution in [0, 0.1) is 0 Å². The Morgan fingerprint density at radius 3 is 2.68 bits per heavy atom. The zero-order valence-electron chi connectivity index (χ0n) is 10.3. The molecule has 100 valence electrons. The highest BCUT2D eigenvalue weighted by Gasteiger charge is 2.28. The van der Waals surface area contributed by atoms with E-state index < -0.39 is 9.84 Å². The molecular weight excluding hydrogens is 286 g/mol. The highest BCUT2D eigenvalue weighted by atomic mass is 35.5. The Bertz CT molecular complexity index is 732. The molecule has 0 spiro atoms. The lowest BCUT2D eigenvalue weighted by Gasteiger charge is -2.05. The molecule has 4 nitrogen and oxygen atoms in total. The lowest BCUT2D eigenvalue weighted by atomic mass is 10.1. The molecule has 0 aliphatic heterocycles. The van der Waals surface area contributed by atoms with E-state index in [4.69, 9.17) is 16.1 Å². The van der Waals surface area contributed by atoms with Gasteiger partial charge in [-0.15, -0.1) is 0 Å². The molecular formula is C13H12ClNO3S. The minimum Gasteiger partial charge on any atom is -0.360 e. The van der Waals surface area contributed by atoms with Crippen molar-refractivity contribution in [2.75, 3.05) is 6.26 Å². The number of hydrogen-bond donors (Lipinski definition) is 0. The quantitative estimate of drug-likeness (QED) is 0.872. The predicted octanol–water partition coefficient (Wildman–Crippen LogP) is 3.28. The third-order valence-corrected chi connectivity index (χ3v) is 4.50. The fraction of sp³-hybridized carbons (Fsp3) is 0.308. The molecule has 1 heterocycles. The van der Waals surface area contributed by atoms with Gasteiger partial charge in [0, 0.05) is 28.8 Å². The van der Waals surface area contributed by atoms with Crippen molar-refractivity contribution < 1.29 is 12.9 Å². The van der Waals surface area contributed by atoms with E-state index in [1.54, 1.807) is 12.1 Å². The Kier molecular flexibility index (Phi) is 2.91. The molecule has 1 fully saturated rings. The molecule has 0 unspecified atom stereocenters. The van der Waals surface area contributed by atoms with Gasteiger partial charge < -0.3 is 4.52 Å². The third kappa shape index (κ3) is 2.53. The average Bonchev–Trinajstić information content (AvgIpc) is 3.07. The van der Waals surface area contributed by atoms with Gasteiger partial charge in [-0.1, -0.05) is 16.8 Å². The monoisotopic (exact) mass is 297 g/mol. The van der Waals surface area contributed by atoms with Gasteiger partial charge in [-0.2, -0.15) is 0 Å². The molecule has 1 aliphatic carbocycles. The van der Waals surface area contributed by atoms with Crippen molar-refractivity contribution >= 4 is 21.4 Å². The van der Waals surface area contributed by atoms with E-state index in [1.807, 2.05) is 6.07 Å². The van der Waals surface area contributed by atoms with Gasteiger partial charge in [0.05, 0.1) is 4.90 Å². The molecule has 1 aromatic carbocycles. The number of sulfone groups is 1. The van der Waals surface area contributed by atoms with Crippen molar-refractivity contribution in [1.82, 2.24) is 5.16 Å². The van der Waals surface area contributed by atoms with Crippen molar-refractivity contribution in [3.05, 3.63) is 35.0 Å². The van der Waals surface area contributed by atoms with Crippen LogP contribution < -0.4 is 0 Å². The molecule has 2 aromatic rings. The standard InChI is InChI=1S/C13H12ClNO3S/c1-19(16,17)13-6-9(14)4-5-10(13)11-7-12(18-15-11)8-2-3-8/h4-8H,2-3H2,1H3. The van der Waals surface area contributed by atoms with Crippen LogP contribution in [-0.2, 0) is 9.84 Å². The third-order valence-electron chi connectivity index (χ3n) is 3.13. The van der Waals surface area contributed by atoms with Crippen molar-refractivity contribution in [3.63, 3.8) is 0 Å². The summed E-state index contributed by atoms with van der Waals surface area (Å²) in [5, 5.41) is 4.35. The summed E-state index contributed by atoms with van der Waals surface area (Å²) in [5.74, 6) is 1.26. The van der Waals surface area contributed by atoms with Gasteiger partial charge in [0.1, 0.15) is 11.5 Å². The van der Waals surface area contributed by atoms with Crippen LogP contribution in [0.3, 0.4) is 0 Å². The van der Waals surface area contributed by atoms with Crippen LogP contribution in [0.25, 0.3) is 11.3 Å². The second-order valence-corrected chi connectivity index (χ2v) is 7.22. The summed E-state index contributed by atoms with van der Waals surface area (Å²) in [6.07, 6.45) is 3.37. The molecule has 0 amide bonds. The number of halogens is 1. The molecule has 6 heteroatoms. The maximum atomic E-state index is 11.8. The van der Waals surface area contributed by atoms with Gasteiger partial charge in [-0.3, -0.25) is 0 Å². The number of rotatable bonds is 3. The number of aromatic nitrogens is 1. The average molecular weight is 298 g/mol. The summed E-state index contributed by atoms with van der Waals surface area (Å²) in [7, 11) is -3.37. The fourth-order valence-electron chi connectivity index (χ4n) is 1.99. The molecule has 1 aromatic heterocycles. The fourth-order valence-corrected chi connectivity index (χ4v) is 3.14. The Labute approximate surface area is 116 Å². The van der Waals surface area contributed by atoms with E-state index in [2.05, 4.69) is 5.16 Å². The normalized spacial score (nSPS) is 15.7. The van der Waals surface area contributed by atoms with Gasteiger partial charge in [0.15, 0.2) is 9.84 Å². The molecule has 1 aliphatic rings. The maximum absolute atomic E-state index is 11.8. The van der Waals surface area contributed by atoms with Gasteiger partial charge in [0.2, 0.25) is 0 Å². The van der Waals surface area contributed by atoms with Crippen LogP contribution in [-0.4, -0.2) is 19.8 Å². The minimum absolute atomic E-state index is 0.177. The number of hydrogen-bond acceptors (Lipinski definition) is 4. The van der Waals surface area contributed by atoms with E-state index in [9.17, 15) is 8.42 Å². The van der Waals surface area contributed by atoms with E-state index in [0.717, 1.165) is 24.9 Å². The SMILES string of the molecule is CS(=O)(=O)c1cc(Cl)ccc1-c1cc(C2CC2)on1.